The molecule has 114 valence electrons. The maximum atomic E-state index is 5.84. The maximum absolute atomic E-state index is 5.84. The fourth-order valence-corrected chi connectivity index (χ4v) is 2.33. The molecule has 1 unspecified atom stereocenters. The van der Waals surface area contributed by atoms with Gasteiger partial charge in [0, 0.05) is 31.0 Å². The number of alkyl halides is 1. The molecule has 0 radical (unpaired) electrons. The quantitative estimate of drug-likeness (QED) is 0.617. The van der Waals surface area contributed by atoms with Crippen molar-refractivity contribution in [3.05, 3.63) is 29.8 Å². The monoisotopic (exact) mass is 307 g/mol. The Bertz CT molecular complexity index is 495. The molecule has 1 heterocycles. The Morgan fingerprint density at radius 2 is 2.38 bits per heavy atom. The third kappa shape index (κ3) is 5.59. The van der Waals surface area contributed by atoms with Crippen molar-refractivity contribution in [3.8, 4) is 17.6 Å². The van der Waals surface area contributed by atoms with Crippen LogP contribution >= 0.6 is 11.6 Å². The molecule has 0 amide bonds. The van der Waals surface area contributed by atoms with E-state index in [4.69, 9.17) is 21.1 Å². The van der Waals surface area contributed by atoms with Crippen molar-refractivity contribution in [1.29, 1.82) is 0 Å². The largest absolute Gasteiger partial charge is 0.491 e. The fourth-order valence-electron chi connectivity index (χ4n) is 2.23. The van der Waals surface area contributed by atoms with Crippen molar-refractivity contribution in [3.63, 3.8) is 0 Å². The Labute approximate surface area is 132 Å². The van der Waals surface area contributed by atoms with Gasteiger partial charge in [-0.3, -0.25) is 4.90 Å². The van der Waals surface area contributed by atoms with E-state index in [-0.39, 0.29) is 6.10 Å². The molecule has 2 rings (SSSR count). The summed E-state index contributed by atoms with van der Waals surface area (Å²) in [4.78, 5) is 2.38. The summed E-state index contributed by atoms with van der Waals surface area (Å²) in [6, 6.07) is 7.85. The van der Waals surface area contributed by atoms with Gasteiger partial charge in [0.2, 0.25) is 0 Å². The van der Waals surface area contributed by atoms with Crippen molar-refractivity contribution in [2.45, 2.75) is 19.4 Å². The number of nitrogens with zero attached hydrogens (tertiary/aromatic N) is 1. The predicted molar refractivity (Wildman–Crippen MR) is 86.0 cm³/mol. The van der Waals surface area contributed by atoms with Crippen molar-refractivity contribution in [1.82, 2.24) is 4.90 Å². The Kier molecular flexibility index (Phi) is 6.88. The molecule has 1 saturated heterocycles. The molecule has 1 aliphatic rings. The number of halogens is 1. The lowest BCUT2D eigenvalue weighted by atomic mass is 10.2. The van der Waals surface area contributed by atoms with Gasteiger partial charge in [0.25, 0.3) is 0 Å². The Morgan fingerprint density at radius 3 is 3.19 bits per heavy atom. The lowest BCUT2D eigenvalue weighted by Gasteiger charge is -2.31. The molecule has 0 aliphatic carbocycles. The van der Waals surface area contributed by atoms with E-state index in [0.29, 0.717) is 18.9 Å². The normalized spacial score (nSPS) is 18.9. The Hall–Kier alpha value is -1.21. The smallest absolute Gasteiger partial charge is 0.120 e. The first-order valence-electron chi connectivity index (χ1n) is 7.43. The summed E-state index contributed by atoms with van der Waals surface area (Å²) in [5.74, 6) is 7.52. The second kappa shape index (κ2) is 8.94. The standard InChI is InChI=1S/C17H22ClNO2/c1-2-19-10-11-20-17(13-19)14-21-16-8-5-7-15(12-16)6-3-4-9-18/h5,7-8,12,17H,2,4,9-11,13-14H2,1H3. The van der Waals surface area contributed by atoms with Gasteiger partial charge >= 0.3 is 0 Å². The predicted octanol–water partition coefficient (Wildman–Crippen LogP) is 2.77. The highest BCUT2D eigenvalue weighted by Gasteiger charge is 2.19. The second-order valence-electron chi connectivity index (χ2n) is 4.97. The zero-order valence-electron chi connectivity index (χ0n) is 12.5. The molecule has 1 aromatic rings. The molecule has 0 spiro atoms. The fraction of sp³-hybridized carbons (Fsp3) is 0.529. The molecular formula is C17H22ClNO2. The van der Waals surface area contributed by atoms with E-state index >= 15 is 0 Å². The third-order valence-electron chi connectivity index (χ3n) is 3.39. The molecule has 1 atom stereocenters. The summed E-state index contributed by atoms with van der Waals surface area (Å²) in [5.41, 5.74) is 0.956. The van der Waals surface area contributed by atoms with Gasteiger partial charge in [0.05, 0.1) is 6.61 Å². The molecular weight excluding hydrogens is 286 g/mol. The average molecular weight is 308 g/mol. The number of ether oxygens (including phenoxy) is 2. The van der Waals surface area contributed by atoms with Crippen LogP contribution in [0.1, 0.15) is 18.9 Å². The van der Waals surface area contributed by atoms with E-state index in [9.17, 15) is 0 Å². The van der Waals surface area contributed by atoms with E-state index < -0.39 is 0 Å². The van der Waals surface area contributed by atoms with Gasteiger partial charge < -0.3 is 9.47 Å². The lowest BCUT2D eigenvalue weighted by molar-refractivity contribution is -0.0464. The first kappa shape index (κ1) is 16.2. The number of rotatable bonds is 5. The number of hydrogen-bond donors (Lipinski definition) is 0. The third-order valence-corrected chi connectivity index (χ3v) is 3.58. The number of benzene rings is 1. The summed E-state index contributed by atoms with van der Waals surface area (Å²) < 4.78 is 11.6. The van der Waals surface area contributed by atoms with Crippen LogP contribution in [-0.2, 0) is 4.74 Å². The van der Waals surface area contributed by atoms with Crippen molar-refractivity contribution < 1.29 is 9.47 Å². The molecule has 21 heavy (non-hydrogen) atoms. The summed E-state index contributed by atoms with van der Waals surface area (Å²) in [7, 11) is 0. The van der Waals surface area contributed by atoms with E-state index in [1.165, 1.54) is 0 Å². The van der Waals surface area contributed by atoms with Crippen LogP contribution in [0.4, 0.5) is 0 Å². The maximum Gasteiger partial charge on any atom is 0.120 e. The first-order valence-corrected chi connectivity index (χ1v) is 7.97. The first-order chi connectivity index (χ1) is 10.3. The summed E-state index contributed by atoms with van der Waals surface area (Å²) in [5, 5.41) is 0. The lowest BCUT2D eigenvalue weighted by Crippen LogP contribution is -2.44. The molecule has 0 bridgehead atoms. The minimum absolute atomic E-state index is 0.143. The van der Waals surface area contributed by atoms with Gasteiger partial charge in [-0.2, -0.15) is 0 Å². The summed E-state index contributed by atoms with van der Waals surface area (Å²) >= 11 is 5.61. The van der Waals surface area contributed by atoms with Gasteiger partial charge in [-0.05, 0) is 24.7 Å². The van der Waals surface area contributed by atoms with Crippen molar-refractivity contribution in [2.75, 3.05) is 38.7 Å². The van der Waals surface area contributed by atoms with E-state index in [1.54, 1.807) is 0 Å². The van der Waals surface area contributed by atoms with Crippen LogP contribution < -0.4 is 4.74 Å². The molecule has 4 heteroatoms. The molecule has 0 aromatic heterocycles. The highest BCUT2D eigenvalue weighted by Crippen LogP contribution is 2.14. The van der Waals surface area contributed by atoms with E-state index in [2.05, 4.69) is 23.7 Å². The highest BCUT2D eigenvalue weighted by atomic mass is 35.5. The minimum atomic E-state index is 0.143. The zero-order valence-corrected chi connectivity index (χ0v) is 13.2. The minimum Gasteiger partial charge on any atom is -0.491 e. The van der Waals surface area contributed by atoms with Crippen LogP contribution in [0.25, 0.3) is 0 Å². The number of likely N-dealkylation sites (N-methyl/N-ethyl adjacent to an activating group) is 1. The number of morpholine rings is 1. The summed E-state index contributed by atoms with van der Waals surface area (Å²) in [6.45, 7) is 6.54. The van der Waals surface area contributed by atoms with Gasteiger partial charge in [-0.25, -0.2) is 0 Å². The summed E-state index contributed by atoms with van der Waals surface area (Å²) in [6.07, 6.45) is 0.847. The topological polar surface area (TPSA) is 21.7 Å². The van der Waals surface area contributed by atoms with E-state index in [0.717, 1.165) is 37.6 Å². The Morgan fingerprint density at radius 1 is 1.48 bits per heavy atom. The van der Waals surface area contributed by atoms with E-state index in [1.807, 2.05) is 24.3 Å². The molecule has 1 aromatic carbocycles. The van der Waals surface area contributed by atoms with Crippen molar-refractivity contribution >= 4 is 11.6 Å². The molecule has 3 nitrogen and oxygen atoms in total. The van der Waals surface area contributed by atoms with Gasteiger partial charge in [0.1, 0.15) is 18.5 Å². The average Bonchev–Trinajstić information content (AvgIpc) is 2.54. The van der Waals surface area contributed by atoms with Crippen LogP contribution in [-0.4, -0.2) is 49.7 Å². The molecule has 1 fully saturated rings. The Balaban J connectivity index is 1.85. The molecule has 0 N–H and O–H groups in total. The second-order valence-corrected chi connectivity index (χ2v) is 5.34. The van der Waals surface area contributed by atoms with Crippen LogP contribution in [0, 0.1) is 11.8 Å². The van der Waals surface area contributed by atoms with Gasteiger partial charge in [-0.15, -0.1) is 11.6 Å². The molecule has 0 saturated carbocycles. The zero-order chi connectivity index (χ0) is 14.9. The SMILES string of the molecule is CCN1CCOC(COc2cccc(C#CCCCl)c2)C1. The van der Waals surface area contributed by atoms with Gasteiger partial charge in [-0.1, -0.05) is 24.8 Å². The van der Waals surface area contributed by atoms with Crippen LogP contribution in [0.5, 0.6) is 5.75 Å². The van der Waals surface area contributed by atoms with Crippen molar-refractivity contribution in [2.24, 2.45) is 0 Å². The number of hydrogen-bond acceptors (Lipinski definition) is 3. The van der Waals surface area contributed by atoms with Crippen LogP contribution in [0.15, 0.2) is 24.3 Å². The molecule has 1 aliphatic heterocycles. The van der Waals surface area contributed by atoms with Gasteiger partial charge in [0.15, 0.2) is 0 Å². The van der Waals surface area contributed by atoms with Crippen LogP contribution in [0.3, 0.4) is 0 Å². The highest BCUT2D eigenvalue weighted by molar-refractivity contribution is 6.18. The van der Waals surface area contributed by atoms with Crippen LogP contribution in [0.2, 0.25) is 0 Å².